The molecular formula is C22H25N5O2. The van der Waals surface area contributed by atoms with Crippen molar-refractivity contribution in [1.82, 2.24) is 9.78 Å². The number of nitrogens with zero attached hydrogens (tertiary/aromatic N) is 2. The minimum Gasteiger partial charge on any atom is -0.384 e. The predicted octanol–water partition coefficient (Wildman–Crippen LogP) is 2.74. The maximum Gasteiger partial charge on any atom is 0.246 e. The summed E-state index contributed by atoms with van der Waals surface area (Å²) in [5, 5.41) is 7.38. The second-order valence-corrected chi connectivity index (χ2v) is 7.38. The first-order chi connectivity index (χ1) is 14.0. The van der Waals surface area contributed by atoms with Crippen LogP contribution < -0.4 is 16.8 Å². The van der Waals surface area contributed by atoms with Gasteiger partial charge < -0.3 is 21.5 Å². The summed E-state index contributed by atoms with van der Waals surface area (Å²) in [5.74, 6) is 0.241. The van der Waals surface area contributed by atoms with Gasteiger partial charge in [-0.05, 0) is 30.5 Å². The molecule has 150 valence electrons. The summed E-state index contributed by atoms with van der Waals surface area (Å²) >= 11 is 0. The SMILES string of the molecule is Nc1cc(-c2ccccc2)nn1CC(=O)Nc1cccc(C2(N)CCOCC2)c1. The molecule has 29 heavy (non-hydrogen) atoms. The van der Waals surface area contributed by atoms with E-state index in [9.17, 15) is 4.79 Å². The molecule has 0 bridgehead atoms. The molecule has 1 fully saturated rings. The van der Waals surface area contributed by atoms with Gasteiger partial charge in [0.05, 0.1) is 5.69 Å². The highest BCUT2D eigenvalue weighted by molar-refractivity contribution is 5.90. The van der Waals surface area contributed by atoms with Crippen molar-refractivity contribution in [3.8, 4) is 11.3 Å². The van der Waals surface area contributed by atoms with Crippen molar-refractivity contribution in [1.29, 1.82) is 0 Å². The van der Waals surface area contributed by atoms with E-state index in [2.05, 4.69) is 10.4 Å². The fraction of sp³-hybridized carbons (Fsp3) is 0.273. The van der Waals surface area contributed by atoms with Gasteiger partial charge in [0.1, 0.15) is 12.4 Å². The topological polar surface area (TPSA) is 108 Å². The fourth-order valence-electron chi connectivity index (χ4n) is 3.58. The number of benzene rings is 2. The zero-order valence-electron chi connectivity index (χ0n) is 16.2. The number of hydrogen-bond acceptors (Lipinski definition) is 5. The first-order valence-electron chi connectivity index (χ1n) is 9.69. The Morgan fingerprint density at radius 1 is 1.10 bits per heavy atom. The van der Waals surface area contributed by atoms with E-state index in [0.717, 1.165) is 29.7 Å². The third kappa shape index (κ3) is 4.31. The quantitative estimate of drug-likeness (QED) is 0.620. The average molecular weight is 391 g/mol. The van der Waals surface area contributed by atoms with Crippen LogP contribution in [0.2, 0.25) is 0 Å². The number of hydrogen-bond donors (Lipinski definition) is 3. The number of amides is 1. The van der Waals surface area contributed by atoms with Crippen LogP contribution in [0.4, 0.5) is 11.5 Å². The lowest BCUT2D eigenvalue weighted by Gasteiger charge is -2.34. The standard InChI is InChI=1S/C22H25N5O2/c23-20-14-19(16-5-2-1-3-6-16)26-27(20)15-21(28)25-18-8-4-7-17(13-18)22(24)9-11-29-12-10-22/h1-8,13-14H,9-12,15,23-24H2,(H,25,28). The number of carbonyl (C=O) groups is 1. The van der Waals surface area contributed by atoms with Crippen molar-refractivity contribution in [2.45, 2.75) is 24.9 Å². The number of nitrogens with one attached hydrogen (secondary N) is 1. The smallest absolute Gasteiger partial charge is 0.246 e. The first kappa shape index (κ1) is 19.2. The molecule has 0 aliphatic carbocycles. The Morgan fingerprint density at radius 3 is 2.62 bits per heavy atom. The molecule has 1 aliphatic heterocycles. The van der Waals surface area contributed by atoms with Crippen LogP contribution in [0.5, 0.6) is 0 Å². The molecule has 1 saturated heterocycles. The van der Waals surface area contributed by atoms with Gasteiger partial charge in [-0.2, -0.15) is 5.10 Å². The summed E-state index contributed by atoms with van der Waals surface area (Å²) in [6.07, 6.45) is 1.52. The van der Waals surface area contributed by atoms with Gasteiger partial charge in [0, 0.05) is 36.1 Å². The largest absolute Gasteiger partial charge is 0.384 e. The van der Waals surface area contributed by atoms with Crippen molar-refractivity contribution in [3.05, 3.63) is 66.2 Å². The Labute approximate surface area is 169 Å². The van der Waals surface area contributed by atoms with E-state index in [1.807, 2.05) is 54.6 Å². The highest BCUT2D eigenvalue weighted by Gasteiger charge is 2.30. The Bertz CT molecular complexity index is 993. The Morgan fingerprint density at radius 2 is 1.86 bits per heavy atom. The molecule has 7 nitrogen and oxygen atoms in total. The maximum absolute atomic E-state index is 12.6. The summed E-state index contributed by atoms with van der Waals surface area (Å²) in [6, 6.07) is 19.2. The van der Waals surface area contributed by atoms with Gasteiger partial charge in [-0.3, -0.25) is 4.79 Å². The molecule has 1 aliphatic rings. The second-order valence-electron chi connectivity index (χ2n) is 7.38. The van der Waals surface area contributed by atoms with E-state index in [-0.39, 0.29) is 12.5 Å². The van der Waals surface area contributed by atoms with Crippen LogP contribution in [0.1, 0.15) is 18.4 Å². The van der Waals surface area contributed by atoms with Crippen LogP contribution in [-0.2, 0) is 21.6 Å². The molecule has 3 aromatic rings. The highest BCUT2D eigenvalue weighted by atomic mass is 16.5. The number of nitrogens with two attached hydrogens (primary N) is 2. The molecule has 1 aromatic heterocycles. The zero-order valence-corrected chi connectivity index (χ0v) is 16.2. The number of nitrogen functional groups attached to an aromatic ring is 1. The molecule has 0 unspecified atom stereocenters. The zero-order chi connectivity index (χ0) is 20.3. The van der Waals surface area contributed by atoms with Crippen molar-refractivity contribution in [3.63, 3.8) is 0 Å². The predicted molar refractivity (Wildman–Crippen MR) is 113 cm³/mol. The second kappa shape index (κ2) is 8.06. The van der Waals surface area contributed by atoms with E-state index in [4.69, 9.17) is 16.2 Å². The van der Waals surface area contributed by atoms with Gasteiger partial charge in [0.25, 0.3) is 0 Å². The fourth-order valence-corrected chi connectivity index (χ4v) is 3.58. The average Bonchev–Trinajstić information content (AvgIpc) is 3.09. The summed E-state index contributed by atoms with van der Waals surface area (Å²) in [4.78, 5) is 12.6. The van der Waals surface area contributed by atoms with Crippen molar-refractivity contribution in [2.24, 2.45) is 5.73 Å². The van der Waals surface area contributed by atoms with Crippen molar-refractivity contribution < 1.29 is 9.53 Å². The molecule has 5 N–H and O–H groups in total. The van der Waals surface area contributed by atoms with E-state index in [0.29, 0.717) is 24.7 Å². The van der Waals surface area contributed by atoms with Crippen LogP contribution >= 0.6 is 0 Å². The van der Waals surface area contributed by atoms with Crippen molar-refractivity contribution in [2.75, 3.05) is 24.3 Å². The molecule has 2 heterocycles. The summed E-state index contributed by atoms with van der Waals surface area (Å²) in [7, 11) is 0. The van der Waals surface area contributed by atoms with Gasteiger partial charge in [0.15, 0.2) is 0 Å². The first-order valence-corrected chi connectivity index (χ1v) is 9.69. The van der Waals surface area contributed by atoms with Gasteiger partial charge >= 0.3 is 0 Å². The number of rotatable bonds is 5. The summed E-state index contributed by atoms with van der Waals surface area (Å²) < 4.78 is 6.93. The van der Waals surface area contributed by atoms with E-state index < -0.39 is 5.54 Å². The normalized spacial score (nSPS) is 15.8. The monoisotopic (exact) mass is 391 g/mol. The minimum absolute atomic E-state index is 0.0322. The lowest BCUT2D eigenvalue weighted by Crippen LogP contribution is -2.42. The van der Waals surface area contributed by atoms with E-state index >= 15 is 0 Å². The van der Waals surface area contributed by atoms with Crippen molar-refractivity contribution >= 4 is 17.4 Å². The minimum atomic E-state index is -0.421. The molecular weight excluding hydrogens is 366 g/mol. The summed E-state index contributed by atoms with van der Waals surface area (Å²) in [6.45, 7) is 1.33. The Hall–Kier alpha value is -3.16. The molecule has 4 rings (SSSR count). The van der Waals surface area contributed by atoms with Gasteiger partial charge in [-0.1, -0.05) is 42.5 Å². The third-order valence-electron chi connectivity index (χ3n) is 5.28. The number of anilines is 2. The number of ether oxygens (including phenoxy) is 1. The Kier molecular flexibility index (Phi) is 5.33. The highest BCUT2D eigenvalue weighted by Crippen LogP contribution is 2.30. The molecule has 0 atom stereocenters. The molecule has 0 spiro atoms. The molecule has 2 aromatic carbocycles. The van der Waals surface area contributed by atoms with Gasteiger partial charge in [0.2, 0.25) is 5.91 Å². The van der Waals surface area contributed by atoms with E-state index in [1.165, 1.54) is 4.68 Å². The molecule has 1 amide bonds. The Balaban J connectivity index is 1.45. The molecule has 0 radical (unpaired) electrons. The van der Waals surface area contributed by atoms with Crippen LogP contribution in [0, 0.1) is 0 Å². The van der Waals surface area contributed by atoms with Gasteiger partial charge in [-0.15, -0.1) is 0 Å². The number of carbonyl (C=O) groups excluding carboxylic acids is 1. The van der Waals surface area contributed by atoms with Crippen LogP contribution in [-0.4, -0.2) is 28.9 Å². The van der Waals surface area contributed by atoms with Crippen LogP contribution in [0.3, 0.4) is 0 Å². The van der Waals surface area contributed by atoms with Gasteiger partial charge in [-0.25, -0.2) is 4.68 Å². The maximum atomic E-state index is 12.6. The van der Waals surface area contributed by atoms with Crippen LogP contribution in [0.25, 0.3) is 11.3 Å². The summed E-state index contributed by atoms with van der Waals surface area (Å²) in [5.41, 5.74) is 15.6. The third-order valence-corrected chi connectivity index (χ3v) is 5.28. The molecule has 0 saturated carbocycles. The van der Waals surface area contributed by atoms with Crippen LogP contribution in [0.15, 0.2) is 60.7 Å². The van der Waals surface area contributed by atoms with E-state index in [1.54, 1.807) is 6.07 Å². The lowest BCUT2D eigenvalue weighted by molar-refractivity contribution is -0.116. The molecule has 7 heteroatoms. The number of aromatic nitrogens is 2. The lowest BCUT2D eigenvalue weighted by atomic mass is 9.83.